The molecule has 43 heavy (non-hydrogen) atoms. The summed E-state index contributed by atoms with van der Waals surface area (Å²) in [6.07, 6.45) is 7.47. The van der Waals surface area contributed by atoms with E-state index in [1.54, 1.807) is 21.6 Å². The number of allylic oxidation sites excluding steroid dienone is 1. The predicted molar refractivity (Wildman–Crippen MR) is 172 cm³/mol. The molecule has 0 spiro atoms. The lowest BCUT2D eigenvalue weighted by atomic mass is 9.91. The molecule has 1 aliphatic carbocycles. The normalized spacial score (nSPS) is 20.0. The van der Waals surface area contributed by atoms with Gasteiger partial charge in [0.15, 0.2) is 11.5 Å². The number of nitrogens with zero attached hydrogens (tertiary/aromatic N) is 7. The molecule has 226 valence electrons. The molecule has 1 saturated heterocycles. The van der Waals surface area contributed by atoms with Crippen LogP contribution in [-0.4, -0.2) is 72.6 Å². The first-order chi connectivity index (χ1) is 20.7. The molecule has 10 nitrogen and oxygen atoms in total. The van der Waals surface area contributed by atoms with E-state index in [-0.39, 0.29) is 17.1 Å². The van der Waals surface area contributed by atoms with Gasteiger partial charge in [-0.05, 0) is 49.2 Å². The molecule has 4 aromatic rings. The molecule has 1 aliphatic heterocycles. The molecule has 1 aromatic carbocycles. The number of hydrogen-bond donors (Lipinski definition) is 2. The lowest BCUT2D eigenvalue weighted by Crippen LogP contribution is -2.54. The molecule has 2 aliphatic rings. The molecular weight excluding hydrogens is 540 g/mol. The van der Waals surface area contributed by atoms with Gasteiger partial charge in [0.2, 0.25) is 5.95 Å². The Kier molecular flexibility index (Phi) is 8.07. The van der Waals surface area contributed by atoms with Gasteiger partial charge in [0, 0.05) is 60.9 Å². The number of nitrogens with one attached hydrogen (secondary N) is 1. The Morgan fingerprint density at radius 3 is 2.47 bits per heavy atom. The van der Waals surface area contributed by atoms with Crippen molar-refractivity contribution in [3.05, 3.63) is 77.4 Å². The molecule has 4 heterocycles. The zero-order valence-corrected chi connectivity index (χ0v) is 25.4. The number of rotatable bonds is 7. The van der Waals surface area contributed by atoms with Crippen molar-refractivity contribution in [2.75, 3.05) is 36.4 Å². The van der Waals surface area contributed by atoms with E-state index in [4.69, 9.17) is 9.97 Å². The monoisotopic (exact) mass is 582 g/mol. The van der Waals surface area contributed by atoms with Crippen LogP contribution in [0.25, 0.3) is 16.9 Å². The summed E-state index contributed by atoms with van der Waals surface area (Å²) in [4.78, 5) is 32.3. The highest BCUT2D eigenvalue weighted by Gasteiger charge is 2.31. The summed E-state index contributed by atoms with van der Waals surface area (Å²) >= 11 is 0. The predicted octanol–water partition coefficient (Wildman–Crippen LogP) is 4.63. The van der Waals surface area contributed by atoms with Crippen LogP contribution >= 0.6 is 0 Å². The van der Waals surface area contributed by atoms with Gasteiger partial charge < -0.3 is 15.3 Å². The first-order valence-electron chi connectivity index (χ1n) is 15.3. The van der Waals surface area contributed by atoms with Gasteiger partial charge in [0.1, 0.15) is 5.39 Å². The fourth-order valence-corrected chi connectivity index (χ4v) is 6.28. The highest BCUT2D eigenvalue weighted by molar-refractivity contribution is 5.77. The van der Waals surface area contributed by atoms with E-state index < -0.39 is 0 Å². The van der Waals surface area contributed by atoms with Crippen LogP contribution in [0.15, 0.2) is 66.1 Å². The van der Waals surface area contributed by atoms with Crippen molar-refractivity contribution in [2.45, 2.75) is 70.6 Å². The first-order valence-corrected chi connectivity index (χ1v) is 15.3. The van der Waals surface area contributed by atoms with Gasteiger partial charge in [-0.25, -0.2) is 19.3 Å². The summed E-state index contributed by atoms with van der Waals surface area (Å²) in [5.74, 6) is 1.02. The minimum atomic E-state index is -0.188. The standard InChI is InChI=1S/C33H42N8O2/c1-5-17-40-31(43)25-22-34-32(37-30(25)41(40)29-12-8-11-28(36-29)33(2,3)4)35-23-13-15-24(16-14-23)38-18-20-39(21-19-38)26-9-6-7-10-27(26)42/h5,8,11-16,22,26-27,42H,1,6-7,9-10,17-21H2,2-4H3,(H,34,35,37). The topological polar surface area (TPSA) is 104 Å². The van der Waals surface area contributed by atoms with E-state index in [0.29, 0.717) is 35.4 Å². The molecule has 2 atom stereocenters. The molecule has 3 aromatic heterocycles. The lowest BCUT2D eigenvalue weighted by Gasteiger charge is -2.43. The molecule has 0 bridgehead atoms. The molecule has 2 unspecified atom stereocenters. The van der Waals surface area contributed by atoms with E-state index in [1.807, 2.05) is 30.3 Å². The Balaban J connectivity index is 1.21. The van der Waals surface area contributed by atoms with Crippen molar-refractivity contribution in [2.24, 2.45) is 0 Å². The van der Waals surface area contributed by atoms with Crippen LogP contribution in [0.4, 0.5) is 17.3 Å². The van der Waals surface area contributed by atoms with Gasteiger partial charge in [0.05, 0.1) is 12.6 Å². The molecule has 1 saturated carbocycles. The van der Waals surface area contributed by atoms with Crippen LogP contribution in [0.2, 0.25) is 0 Å². The fourth-order valence-electron chi connectivity index (χ4n) is 6.28. The average Bonchev–Trinajstić information content (AvgIpc) is 3.28. The Morgan fingerprint density at radius 2 is 1.77 bits per heavy atom. The summed E-state index contributed by atoms with van der Waals surface area (Å²) in [5, 5.41) is 14.2. The Labute approximate surface area is 252 Å². The summed E-state index contributed by atoms with van der Waals surface area (Å²) in [7, 11) is 0. The summed E-state index contributed by atoms with van der Waals surface area (Å²) in [6.45, 7) is 14.3. The molecule has 2 fully saturated rings. The van der Waals surface area contributed by atoms with E-state index in [1.165, 1.54) is 12.1 Å². The number of fused-ring (bicyclic) bond motifs is 1. The lowest BCUT2D eigenvalue weighted by molar-refractivity contribution is 0.0173. The Hall–Kier alpha value is -4.02. The largest absolute Gasteiger partial charge is 0.391 e. The molecule has 2 N–H and O–H groups in total. The van der Waals surface area contributed by atoms with E-state index in [9.17, 15) is 9.90 Å². The summed E-state index contributed by atoms with van der Waals surface area (Å²) in [5.41, 5.74) is 3.10. The first kappa shape index (κ1) is 29.1. The second-order valence-electron chi connectivity index (χ2n) is 12.7. The Bertz CT molecular complexity index is 1640. The highest BCUT2D eigenvalue weighted by Crippen LogP contribution is 2.27. The van der Waals surface area contributed by atoms with Crippen LogP contribution in [0.1, 0.15) is 52.1 Å². The summed E-state index contributed by atoms with van der Waals surface area (Å²) in [6, 6.07) is 14.4. The maximum absolute atomic E-state index is 13.3. The van der Waals surface area contributed by atoms with Crippen LogP contribution in [0.3, 0.4) is 0 Å². The van der Waals surface area contributed by atoms with Crippen molar-refractivity contribution in [1.82, 2.24) is 29.2 Å². The van der Waals surface area contributed by atoms with Crippen molar-refractivity contribution in [3.8, 4) is 5.82 Å². The van der Waals surface area contributed by atoms with E-state index >= 15 is 0 Å². The molecule has 10 heteroatoms. The number of aromatic nitrogens is 5. The van der Waals surface area contributed by atoms with Crippen molar-refractivity contribution in [3.63, 3.8) is 0 Å². The van der Waals surface area contributed by atoms with Crippen molar-refractivity contribution >= 4 is 28.4 Å². The van der Waals surface area contributed by atoms with Gasteiger partial charge in [-0.15, -0.1) is 6.58 Å². The van der Waals surface area contributed by atoms with Crippen LogP contribution < -0.4 is 15.8 Å². The van der Waals surface area contributed by atoms with Crippen LogP contribution in [0.5, 0.6) is 0 Å². The summed E-state index contributed by atoms with van der Waals surface area (Å²) < 4.78 is 3.35. The van der Waals surface area contributed by atoms with E-state index in [2.05, 4.69) is 59.6 Å². The number of benzene rings is 1. The van der Waals surface area contributed by atoms with Gasteiger partial charge in [0.25, 0.3) is 5.56 Å². The third kappa shape index (κ3) is 5.94. The zero-order chi connectivity index (χ0) is 30.1. The van der Waals surface area contributed by atoms with Crippen molar-refractivity contribution in [1.29, 1.82) is 0 Å². The SMILES string of the molecule is C=CCn1c(=O)c2cnc(Nc3ccc(N4CCN(C5CCCCC5O)CC4)cc3)nc2n1-c1cccc(C(C)(C)C)n1. The minimum absolute atomic E-state index is 0.151. The maximum Gasteiger partial charge on any atom is 0.278 e. The maximum atomic E-state index is 13.3. The third-order valence-corrected chi connectivity index (χ3v) is 8.66. The molecule has 0 radical (unpaired) electrons. The third-order valence-electron chi connectivity index (χ3n) is 8.66. The van der Waals surface area contributed by atoms with Gasteiger partial charge in [-0.1, -0.05) is 45.8 Å². The Morgan fingerprint density at radius 1 is 1.02 bits per heavy atom. The average molecular weight is 583 g/mol. The molecular formula is C33H42N8O2. The number of anilines is 3. The molecule has 6 rings (SSSR count). The van der Waals surface area contributed by atoms with Gasteiger partial charge in [-0.3, -0.25) is 9.69 Å². The van der Waals surface area contributed by atoms with Crippen LogP contribution in [-0.2, 0) is 12.0 Å². The van der Waals surface area contributed by atoms with Gasteiger partial charge >= 0.3 is 0 Å². The van der Waals surface area contributed by atoms with Gasteiger partial charge in [-0.2, -0.15) is 4.98 Å². The fraction of sp³-hybridized carbons (Fsp3) is 0.455. The highest BCUT2D eigenvalue weighted by atomic mass is 16.3. The second kappa shape index (κ2) is 11.9. The quantitative estimate of drug-likeness (QED) is 0.304. The molecule has 0 amide bonds. The van der Waals surface area contributed by atoms with Crippen LogP contribution in [0, 0.1) is 0 Å². The smallest absolute Gasteiger partial charge is 0.278 e. The minimum Gasteiger partial charge on any atom is -0.391 e. The zero-order valence-electron chi connectivity index (χ0n) is 25.4. The van der Waals surface area contributed by atoms with E-state index in [0.717, 1.165) is 56.8 Å². The number of piperazine rings is 1. The number of aliphatic hydroxyl groups excluding tert-OH is 1. The number of aliphatic hydroxyl groups is 1. The number of hydrogen-bond acceptors (Lipinski definition) is 8. The second-order valence-corrected chi connectivity index (χ2v) is 12.7. The number of pyridine rings is 1. The van der Waals surface area contributed by atoms with Crippen molar-refractivity contribution < 1.29 is 5.11 Å².